The van der Waals surface area contributed by atoms with Crippen molar-refractivity contribution in [2.24, 2.45) is 0 Å². The van der Waals surface area contributed by atoms with Crippen LogP contribution in [0.2, 0.25) is 0 Å². The maximum Gasteiger partial charge on any atom is 0.142 e. The van der Waals surface area contributed by atoms with E-state index < -0.39 is 0 Å². The van der Waals surface area contributed by atoms with Crippen LogP contribution in [0.1, 0.15) is 31.7 Å². The zero-order chi connectivity index (χ0) is 19.6. The van der Waals surface area contributed by atoms with Crippen molar-refractivity contribution in [2.45, 2.75) is 37.8 Å². The number of methoxy groups -OCH3 is 1. The Hall–Kier alpha value is -2.60. The molecule has 29 heavy (non-hydrogen) atoms. The van der Waals surface area contributed by atoms with Crippen LogP contribution in [0.15, 0.2) is 48.5 Å². The minimum absolute atomic E-state index is 0.411. The van der Waals surface area contributed by atoms with Crippen molar-refractivity contribution in [2.75, 3.05) is 38.2 Å². The first kappa shape index (κ1) is 18.4. The molecule has 6 heteroatoms. The van der Waals surface area contributed by atoms with E-state index in [-0.39, 0.29) is 0 Å². The van der Waals surface area contributed by atoms with Crippen molar-refractivity contribution in [3.8, 4) is 5.75 Å². The normalized spacial score (nSPS) is 23.4. The highest BCUT2D eigenvalue weighted by atomic mass is 16.5. The molecule has 0 N–H and O–H groups in total. The monoisotopic (exact) mass is 391 g/mol. The summed E-state index contributed by atoms with van der Waals surface area (Å²) in [5.74, 6) is 0.968. The lowest BCUT2D eigenvalue weighted by Crippen LogP contribution is -2.51. The number of aromatic nitrogens is 3. The van der Waals surface area contributed by atoms with Crippen LogP contribution >= 0.6 is 0 Å². The van der Waals surface area contributed by atoms with E-state index in [9.17, 15) is 0 Å². The van der Waals surface area contributed by atoms with E-state index in [1.54, 1.807) is 7.11 Å². The zero-order valence-corrected chi connectivity index (χ0v) is 17.1. The fourth-order valence-electron chi connectivity index (χ4n) is 4.94. The summed E-state index contributed by atoms with van der Waals surface area (Å²) in [5, 5.41) is 9.50. The molecule has 1 aliphatic carbocycles. The quantitative estimate of drug-likeness (QED) is 0.678. The van der Waals surface area contributed by atoms with Crippen molar-refractivity contribution in [1.82, 2.24) is 19.9 Å². The molecule has 1 aliphatic heterocycles. The SMILES string of the molecule is COc1ccccc1N1CCN(C2CCCC(n3nc4ccccc4n3)C2)CC1. The molecular weight excluding hydrogens is 362 g/mol. The Balaban J connectivity index is 1.24. The summed E-state index contributed by atoms with van der Waals surface area (Å²) in [4.78, 5) is 7.13. The standard InChI is InChI=1S/C23H29N5O/c1-29-23-12-5-4-11-22(23)27-15-13-26(14-16-27)18-7-6-8-19(17-18)28-24-20-9-2-3-10-21(20)25-28/h2-5,9-12,18-19H,6-8,13-17H2,1H3. The van der Waals surface area contributed by atoms with Gasteiger partial charge in [0.05, 0.1) is 18.8 Å². The van der Waals surface area contributed by atoms with Gasteiger partial charge < -0.3 is 9.64 Å². The molecular formula is C23H29N5O. The lowest BCUT2D eigenvalue weighted by atomic mass is 9.90. The van der Waals surface area contributed by atoms with Crippen LogP contribution in [-0.4, -0.2) is 59.2 Å². The van der Waals surface area contributed by atoms with Crippen LogP contribution < -0.4 is 9.64 Å². The van der Waals surface area contributed by atoms with E-state index in [2.05, 4.69) is 40.1 Å². The second-order valence-corrected chi connectivity index (χ2v) is 8.18. The average molecular weight is 392 g/mol. The molecule has 0 spiro atoms. The van der Waals surface area contributed by atoms with Crippen LogP contribution in [0.3, 0.4) is 0 Å². The Morgan fingerprint density at radius 2 is 1.48 bits per heavy atom. The topological polar surface area (TPSA) is 46.4 Å². The predicted octanol–water partition coefficient (Wildman–Crippen LogP) is 3.75. The lowest BCUT2D eigenvalue weighted by Gasteiger charge is -2.43. The van der Waals surface area contributed by atoms with E-state index in [1.807, 2.05) is 23.0 Å². The minimum atomic E-state index is 0.411. The third-order valence-corrected chi connectivity index (χ3v) is 6.50. The Morgan fingerprint density at radius 3 is 2.21 bits per heavy atom. The first-order valence-electron chi connectivity index (χ1n) is 10.8. The summed E-state index contributed by atoms with van der Waals surface area (Å²) in [6.07, 6.45) is 4.86. The van der Waals surface area contributed by atoms with Crippen molar-refractivity contribution >= 4 is 16.7 Å². The molecule has 0 radical (unpaired) electrons. The Bertz CT molecular complexity index is 930. The number of anilines is 1. The number of ether oxygens (including phenoxy) is 1. The molecule has 1 aromatic heterocycles. The minimum Gasteiger partial charge on any atom is -0.495 e. The smallest absolute Gasteiger partial charge is 0.142 e. The molecule has 0 amide bonds. The highest BCUT2D eigenvalue weighted by Gasteiger charge is 2.31. The molecule has 2 atom stereocenters. The number of fused-ring (bicyclic) bond motifs is 1. The average Bonchev–Trinajstić information content (AvgIpc) is 3.24. The zero-order valence-electron chi connectivity index (χ0n) is 17.1. The summed E-state index contributed by atoms with van der Waals surface area (Å²) in [6.45, 7) is 4.30. The number of benzene rings is 2. The molecule has 2 heterocycles. The molecule has 5 rings (SSSR count). The second-order valence-electron chi connectivity index (χ2n) is 8.18. The van der Waals surface area contributed by atoms with Crippen molar-refractivity contribution in [3.05, 3.63) is 48.5 Å². The molecule has 0 bridgehead atoms. The summed E-state index contributed by atoms with van der Waals surface area (Å²) < 4.78 is 5.56. The van der Waals surface area contributed by atoms with Gasteiger partial charge in [0.1, 0.15) is 16.8 Å². The van der Waals surface area contributed by atoms with Crippen molar-refractivity contribution < 1.29 is 4.74 Å². The molecule has 2 aliphatic rings. The number of rotatable bonds is 4. The summed E-state index contributed by atoms with van der Waals surface area (Å²) >= 11 is 0. The third-order valence-electron chi connectivity index (χ3n) is 6.50. The molecule has 2 fully saturated rings. The van der Waals surface area contributed by atoms with E-state index in [1.165, 1.54) is 24.9 Å². The third kappa shape index (κ3) is 3.69. The number of hydrogen-bond donors (Lipinski definition) is 0. The fraction of sp³-hybridized carbons (Fsp3) is 0.478. The van der Waals surface area contributed by atoms with Crippen LogP contribution in [-0.2, 0) is 0 Å². The molecule has 3 aromatic rings. The molecule has 2 aromatic carbocycles. The van der Waals surface area contributed by atoms with Crippen molar-refractivity contribution in [3.63, 3.8) is 0 Å². The predicted molar refractivity (Wildman–Crippen MR) is 116 cm³/mol. The highest BCUT2D eigenvalue weighted by Crippen LogP contribution is 2.33. The largest absolute Gasteiger partial charge is 0.495 e. The van der Waals surface area contributed by atoms with Gasteiger partial charge in [-0.05, 0) is 49.9 Å². The molecule has 6 nitrogen and oxygen atoms in total. The maximum atomic E-state index is 5.56. The van der Waals surface area contributed by atoms with Crippen LogP contribution in [0.4, 0.5) is 5.69 Å². The van der Waals surface area contributed by atoms with Gasteiger partial charge in [0.25, 0.3) is 0 Å². The van der Waals surface area contributed by atoms with E-state index in [0.717, 1.165) is 49.4 Å². The first-order valence-corrected chi connectivity index (χ1v) is 10.8. The van der Waals surface area contributed by atoms with Gasteiger partial charge in [-0.15, -0.1) is 0 Å². The van der Waals surface area contributed by atoms with Gasteiger partial charge in [-0.25, -0.2) is 0 Å². The van der Waals surface area contributed by atoms with E-state index in [4.69, 9.17) is 14.9 Å². The summed E-state index contributed by atoms with van der Waals surface area (Å²) in [7, 11) is 1.75. The summed E-state index contributed by atoms with van der Waals surface area (Å²) in [6, 6.07) is 17.6. The Labute approximate surface area is 172 Å². The first-order chi connectivity index (χ1) is 14.3. The van der Waals surface area contributed by atoms with Crippen molar-refractivity contribution in [1.29, 1.82) is 0 Å². The fourth-order valence-corrected chi connectivity index (χ4v) is 4.94. The Morgan fingerprint density at radius 1 is 0.828 bits per heavy atom. The van der Waals surface area contributed by atoms with Crippen LogP contribution in [0, 0.1) is 0 Å². The number of piperazine rings is 1. The molecule has 1 saturated carbocycles. The van der Waals surface area contributed by atoms with E-state index in [0.29, 0.717) is 12.1 Å². The van der Waals surface area contributed by atoms with Gasteiger partial charge in [0, 0.05) is 32.2 Å². The summed E-state index contributed by atoms with van der Waals surface area (Å²) in [5.41, 5.74) is 3.21. The molecule has 152 valence electrons. The maximum absolute atomic E-state index is 5.56. The second kappa shape index (κ2) is 8.03. The number of para-hydroxylation sites is 2. The highest BCUT2D eigenvalue weighted by molar-refractivity contribution is 5.73. The van der Waals surface area contributed by atoms with Crippen LogP contribution in [0.5, 0.6) is 5.75 Å². The van der Waals surface area contributed by atoms with Gasteiger partial charge in [-0.3, -0.25) is 4.90 Å². The van der Waals surface area contributed by atoms with Gasteiger partial charge in [-0.2, -0.15) is 15.0 Å². The van der Waals surface area contributed by atoms with Gasteiger partial charge >= 0.3 is 0 Å². The van der Waals surface area contributed by atoms with Gasteiger partial charge in [0.15, 0.2) is 0 Å². The van der Waals surface area contributed by atoms with Gasteiger partial charge in [-0.1, -0.05) is 24.3 Å². The number of nitrogens with zero attached hydrogens (tertiary/aromatic N) is 5. The molecule has 1 saturated heterocycles. The van der Waals surface area contributed by atoms with Gasteiger partial charge in [0.2, 0.25) is 0 Å². The lowest BCUT2D eigenvalue weighted by molar-refractivity contribution is 0.117. The Kier molecular flexibility index (Phi) is 5.10. The van der Waals surface area contributed by atoms with E-state index >= 15 is 0 Å². The number of hydrogen-bond acceptors (Lipinski definition) is 5. The molecule has 2 unspecified atom stereocenters. The van der Waals surface area contributed by atoms with Crippen LogP contribution in [0.25, 0.3) is 11.0 Å².